The van der Waals surface area contributed by atoms with E-state index in [1.165, 1.54) is 26.2 Å². The van der Waals surface area contributed by atoms with Crippen LogP contribution in [0.3, 0.4) is 0 Å². The minimum absolute atomic E-state index is 0.209. The number of aryl methyl sites for hydroxylation is 1. The number of ether oxygens (including phenoxy) is 4. The third kappa shape index (κ3) is 4.82. The Bertz CT molecular complexity index is 945. The van der Waals surface area contributed by atoms with Crippen LogP contribution in [0.25, 0.3) is 0 Å². The summed E-state index contributed by atoms with van der Waals surface area (Å²) in [5.74, 6) is -0.733. The Morgan fingerprint density at radius 3 is 2.33 bits per heavy atom. The fraction of sp³-hybridized carbons (Fsp3) is 0.409. The highest BCUT2D eigenvalue weighted by Crippen LogP contribution is 2.28. The first-order chi connectivity index (χ1) is 14.2. The van der Waals surface area contributed by atoms with Crippen molar-refractivity contribution in [2.24, 2.45) is 0 Å². The van der Waals surface area contributed by atoms with Crippen LogP contribution in [0.15, 0.2) is 18.2 Å². The predicted octanol–water partition coefficient (Wildman–Crippen LogP) is 3.64. The monoisotopic (exact) mass is 417 g/mol. The van der Waals surface area contributed by atoms with Crippen LogP contribution in [0.5, 0.6) is 11.5 Å². The van der Waals surface area contributed by atoms with Crippen molar-refractivity contribution in [2.75, 3.05) is 20.3 Å². The van der Waals surface area contributed by atoms with Gasteiger partial charge in [0.15, 0.2) is 17.6 Å². The van der Waals surface area contributed by atoms with Crippen molar-refractivity contribution < 1.29 is 33.3 Å². The predicted molar refractivity (Wildman–Crippen MR) is 110 cm³/mol. The number of Topliss-reactive ketones (excluding diaryl/α,β-unsaturated/α-hetero) is 1. The molecule has 0 unspecified atom stereocenters. The first kappa shape index (κ1) is 23.0. The third-order valence-corrected chi connectivity index (χ3v) is 4.52. The molecule has 0 saturated heterocycles. The molecule has 2 rings (SSSR count). The number of carbonyl (C=O) groups is 3. The van der Waals surface area contributed by atoms with Gasteiger partial charge < -0.3 is 23.9 Å². The second kappa shape index (κ2) is 9.96. The van der Waals surface area contributed by atoms with Gasteiger partial charge in [-0.3, -0.25) is 4.79 Å². The molecule has 0 spiro atoms. The molecule has 162 valence electrons. The quantitative estimate of drug-likeness (QED) is 0.491. The number of nitrogens with one attached hydrogen (secondary N) is 1. The molecule has 1 atom stereocenters. The van der Waals surface area contributed by atoms with E-state index in [0.717, 1.165) is 0 Å². The lowest BCUT2D eigenvalue weighted by atomic mass is 10.1. The van der Waals surface area contributed by atoms with Gasteiger partial charge in [-0.15, -0.1) is 0 Å². The number of hydrogen-bond acceptors (Lipinski definition) is 7. The number of aromatic nitrogens is 1. The summed E-state index contributed by atoms with van der Waals surface area (Å²) in [6.07, 6.45) is -1.07. The van der Waals surface area contributed by atoms with Crippen molar-refractivity contribution in [3.63, 3.8) is 0 Å². The summed E-state index contributed by atoms with van der Waals surface area (Å²) in [6.45, 7) is 8.96. The van der Waals surface area contributed by atoms with Crippen LogP contribution >= 0.6 is 0 Å². The molecule has 2 aromatic rings. The van der Waals surface area contributed by atoms with Crippen LogP contribution in [-0.2, 0) is 9.47 Å². The van der Waals surface area contributed by atoms with Gasteiger partial charge in [-0.2, -0.15) is 0 Å². The zero-order chi connectivity index (χ0) is 22.4. The van der Waals surface area contributed by atoms with Crippen LogP contribution < -0.4 is 9.47 Å². The minimum atomic E-state index is -1.07. The van der Waals surface area contributed by atoms with Gasteiger partial charge in [-0.25, -0.2) is 9.59 Å². The number of ketones is 1. The number of rotatable bonds is 9. The summed E-state index contributed by atoms with van der Waals surface area (Å²) in [7, 11) is 1.50. The van der Waals surface area contributed by atoms with Crippen molar-refractivity contribution in [3.8, 4) is 11.5 Å². The van der Waals surface area contributed by atoms with E-state index in [4.69, 9.17) is 18.9 Å². The van der Waals surface area contributed by atoms with Gasteiger partial charge in [0.25, 0.3) is 0 Å². The van der Waals surface area contributed by atoms with Gasteiger partial charge in [0, 0.05) is 5.69 Å². The van der Waals surface area contributed by atoms with E-state index in [1.54, 1.807) is 26.8 Å². The highest BCUT2D eigenvalue weighted by molar-refractivity contribution is 6.04. The fourth-order valence-electron chi connectivity index (χ4n) is 3.06. The largest absolute Gasteiger partial charge is 0.493 e. The summed E-state index contributed by atoms with van der Waals surface area (Å²) in [4.78, 5) is 40.4. The van der Waals surface area contributed by atoms with E-state index in [0.29, 0.717) is 34.9 Å². The van der Waals surface area contributed by atoms with Crippen molar-refractivity contribution >= 4 is 17.7 Å². The maximum absolute atomic E-state index is 12.8. The molecule has 0 aliphatic heterocycles. The summed E-state index contributed by atoms with van der Waals surface area (Å²) in [5.41, 5.74) is 1.73. The smallest absolute Gasteiger partial charge is 0.340 e. The Labute approximate surface area is 175 Å². The topological polar surface area (TPSA) is 104 Å². The Morgan fingerprint density at radius 2 is 1.73 bits per heavy atom. The molecule has 0 saturated carbocycles. The number of hydrogen-bond donors (Lipinski definition) is 1. The maximum Gasteiger partial charge on any atom is 0.340 e. The molecule has 0 bridgehead atoms. The second-order valence-electron chi connectivity index (χ2n) is 6.56. The molecule has 8 heteroatoms. The summed E-state index contributed by atoms with van der Waals surface area (Å²) >= 11 is 0. The first-order valence-corrected chi connectivity index (χ1v) is 9.67. The van der Waals surface area contributed by atoms with Crippen molar-refractivity contribution in [1.29, 1.82) is 0 Å². The van der Waals surface area contributed by atoms with E-state index < -0.39 is 23.8 Å². The normalized spacial score (nSPS) is 11.5. The standard InChI is InChI=1S/C22H27NO7/c1-7-28-17-11-15(9-10-16(17)27-6)21(25)30-14(5)20(24)19-12(3)18(13(4)23-19)22(26)29-8-2/h9-11,14,23H,7-8H2,1-6H3/t14-/m0/s1. The molecule has 1 aromatic carbocycles. The molecule has 0 fully saturated rings. The molecule has 1 aromatic heterocycles. The Hall–Kier alpha value is -3.29. The van der Waals surface area contributed by atoms with Gasteiger partial charge in [0.2, 0.25) is 5.78 Å². The number of methoxy groups -OCH3 is 1. The Balaban J connectivity index is 2.20. The summed E-state index contributed by atoms with van der Waals surface area (Å²) in [6, 6.07) is 4.63. The van der Waals surface area contributed by atoms with Crippen LogP contribution in [0.1, 0.15) is 63.2 Å². The average Bonchev–Trinajstić information content (AvgIpc) is 3.01. The van der Waals surface area contributed by atoms with E-state index in [-0.39, 0.29) is 17.9 Å². The number of esters is 2. The molecular weight excluding hydrogens is 390 g/mol. The lowest BCUT2D eigenvalue weighted by molar-refractivity contribution is 0.0316. The van der Waals surface area contributed by atoms with Gasteiger partial charge in [0.1, 0.15) is 0 Å². The number of carbonyl (C=O) groups excluding carboxylic acids is 3. The average molecular weight is 417 g/mol. The Kier molecular flexibility index (Phi) is 7.63. The molecule has 1 heterocycles. The van der Waals surface area contributed by atoms with Gasteiger partial charge in [-0.1, -0.05) is 0 Å². The van der Waals surface area contributed by atoms with Crippen LogP contribution in [-0.4, -0.2) is 49.1 Å². The highest BCUT2D eigenvalue weighted by Gasteiger charge is 2.28. The fourth-order valence-corrected chi connectivity index (χ4v) is 3.06. The molecule has 8 nitrogen and oxygen atoms in total. The van der Waals surface area contributed by atoms with Crippen LogP contribution in [0.2, 0.25) is 0 Å². The van der Waals surface area contributed by atoms with Gasteiger partial charge in [0.05, 0.1) is 37.1 Å². The first-order valence-electron chi connectivity index (χ1n) is 9.67. The molecule has 0 amide bonds. The van der Waals surface area contributed by atoms with E-state index >= 15 is 0 Å². The van der Waals surface area contributed by atoms with Crippen molar-refractivity contribution in [2.45, 2.75) is 40.7 Å². The lowest BCUT2D eigenvalue weighted by Crippen LogP contribution is -2.25. The van der Waals surface area contributed by atoms with E-state index in [9.17, 15) is 14.4 Å². The lowest BCUT2D eigenvalue weighted by Gasteiger charge is -2.14. The van der Waals surface area contributed by atoms with E-state index in [1.807, 2.05) is 6.92 Å². The van der Waals surface area contributed by atoms with Crippen molar-refractivity contribution in [3.05, 3.63) is 46.3 Å². The zero-order valence-corrected chi connectivity index (χ0v) is 18.1. The van der Waals surface area contributed by atoms with Crippen LogP contribution in [0.4, 0.5) is 0 Å². The molecule has 30 heavy (non-hydrogen) atoms. The van der Waals surface area contributed by atoms with Gasteiger partial charge >= 0.3 is 11.9 Å². The number of H-pyrrole nitrogens is 1. The Morgan fingerprint density at radius 1 is 1.03 bits per heavy atom. The summed E-state index contributed by atoms with van der Waals surface area (Å²) in [5, 5.41) is 0. The van der Waals surface area contributed by atoms with E-state index in [2.05, 4.69) is 4.98 Å². The SMILES string of the molecule is CCOC(=O)c1c(C)[nH]c(C(=O)[C@H](C)OC(=O)c2ccc(OC)c(OCC)c2)c1C. The van der Waals surface area contributed by atoms with Gasteiger partial charge in [-0.05, 0) is 58.4 Å². The molecule has 0 radical (unpaired) electrons. The van der Waals surface area contributed by atoms with Crippen molar-refractivity contribution in [1.82, 2.24) is 4.98 Å². The molecule has 1 N–H and O–H groups in total. The highest BCUT2D eigenvalue weighted by atomic mass is 16.5. The second-order valence-corrected chi connectivity index (χ2v) is 6.56. The third-order valence-electron chi connectivity index (χ3n) is 4.52. The number of benzene rings is 1. The summed E-state index contributed by atoms with van der Waals surface area (Å²) < 4.78 is 21.1. The minimum Gasteiger partial charge on any atom is -0.493 e. The molecular formula is C22H27NO7. The molecule has 0 aliphatic carbocycles. The molecule has 0 aliphatic rings. The zero-order valence-electron chi connectivity index (χ0n) is 18.1. The maximum atomic E-state index is 12.8. The van der Waals surface area contributed by atoms with Crippen LogP contribution in [0, 0.1) is 13.8 Å². The number of aromatic amines is 1.